The van der Waals surface area contributed by atoms with Crippen molar-refractivity contribution in [2.24, 2.45) is 0 Å². The van der Waals surface area contributed by atoms with Crippen molar-refractivity contribution in [1.82, 2.24) is 4.90 Å². The molecule has 1 nitrogen and oxygen atoms in total. The van der Waals surface area contributed by atoms with Crippen LogP contribution in [-0.2, 0) is 0 Å². The number of rotatable bonds is 12. The predicted octanol–water partition coefficient (Wildman–Crippen LogP) is 7.08. The molecule has 0 fully saturated rings. The van der Waals surface area contributed by atoms with E-state index in [2.05, 4.69) is 32.4 Å². The molecule has 0 aromatic carbocycles. The molecule has 0 rings (SSSR count). The average Bonchev–Trinajstić information content (AvgIpc) is 2.50. The van der Waals surface area contributed by atoms with Crippen LogP contribution in [0.3, 0.4) is 0 Å². The van der Waals surface area contributed by atoms with Gasteiger partial charge in [0.15, 0.2) is 0 Å². The maximum Gasteiger partial charge on any atom is -0.00218 e. The Bertz CT molecular complexity index is 140. The Kier molecular flexibility index (Phi) is 34.1. The Balaban J connectivity index is -0.000000569. The minimum Gasteiger partial charge on any atom is -0.306 e. The monoisotopic (exact) mass is 299 g/mol. The van der Waals surface area contributed by atoms with E-state index >= 15 is 0 Å². The summed E-state index contributed by atoms with van der Waals surface area (Å²) in [6.45, 7) is 16.4. The second kappa shape index (κ2) is 27.9. The Labute approximate surface area is 137 Å². The first kappa shape index (κ1) is 25.6. The molecule has 0 saturated heterocycles. The summed E-state index contributed by atoms with van der Waals surface area (Å²) in [5, 5.41) is 0. The Morgan fingerprint density at radius 3 is 1.29 bits per heavy atom. The molecule has 0 unspecified atom stereocenters. The van der Waals surface area contributed by atoms with Crippen LogP contribution < -0.4 is 0 Å². The SMILES string of the molecule is C=CC.CC.CCCCCCCN(C)CCCCCCC. The molecule has 1 heteroatoms. The van der Waals surface area contributed by atoms with Crippen molar-refractivity contribution < 1.29 is 0 Å². The first-order chi connectivity index (χ1) is 10.2. The van der Waals surface area contributed by atoms with Crippen LogP contribution in [0.15, 0.2) is 12.7 Å². The molecule has 0 spiro atoms. The lowest BCUT2D eigenvalue weighted by atomic mass is 10.1. The summed E-state index contributed by atoms with van der Waals surface area (Å²) in [7, 11) is 2.28. The number of unbranched alkanes of at least 4 members (excludes halogenated alkanes) is 8. The van der Waals surface area contributed by atoms with Gasteiger partial charge in [-0.25, -0.2) is 0 Å². The van der Waals surface area contributed by atoms with Crippen molar-refractivity contribution in [3.05, 3.63) is 12.7 Å². The van der Waals surface area contributed by atoms with E-state index in [1.54, 1.807) is 6.08 Å². The molecule has 0 aromatic heterocycles. The Morgan fingerprint density at radius 2 is 1.00 bits per heavy atom. The molecule has 0 aromatic rings. The topological polar surface area (TPSA) is 3.24 Å². The fourth-order valence-corrected chi connectivity index (χ4v) is 2.08. The van der Waals surface area contributed by atoms with Crippen molar-refractivity contribution in [3.8, 4) is 0 Å². The zero-order chi connectivity index (χ0) is 16.8. The molecule has 0 radical (unpaired) electrons. The minimum atomic E-state index is 1.30. The number of hydrogen-bond donors (Lipinski definition) is 0. The molecule has 0 aliphatic heterocycles. The van der Waals surface area contributed by atoms with Gasteiger partial charge in [0.05, 0.1) is 0 Å². The maximum atomic E-state index is 3.36. The van der Waals surface area contributed by atoms with Gasteiger partial charge in [0.1, 0.15) is 0 Å². The summed E-state index contributed by atoms with van der Waals surface area (Å²) in [4.78, 5) is 2.51. The van der Waals surface area contributed by atoms with E-state index in [4.69, 9.17) is 0 Å². The quantitative estimate of drug-likeness (QED) is 0.275. The molecule has 0 amide bonds. The smallest absolute Gasteiger partial charge is 0.00218 e. The molecular formula is C20H45N. The first-order valence-electron chi connectivity index (χ1n) is 9.48. The second-order valence-corrected chi connectivity index (χ2v) is 5.54. The lowest BCUT2D eigenvalue weighted by Crippen LogP contribution is -2.20. The molecule has 130 valence electrons. The third kappa shape index (κ3) is 32.9. The number of nitrogens with zero attached hydrogens (tertiary/aromatic N) is 1. The van der Waals surface area contributed by atoms with Crippen LogP contribution in [0.5, 0.6) is 0 Å². The van der Waals surface area contributed by atoms with Crippen LogP contribution in [0.25, 0.3) is 0 Å². The fourth-order valence-electron chi connectivity index (χ4n) is 2.08. The van der Waals surface area contributed by atoms with E-state index in [0.29, 0.717) is 0 Å². The van der Waals surface area contributed by atoms with Crippen molar-refractivity contribution in [2.45, 2.75) is 98.8 Å². The number of hydrogen-bond acceptors (Lipinski definition) is 1. The highest BCUT2D eigenvalue weighted by molar-refractivity contribution is 4.53. The molecule has 0 aliphatic rings. The lowest BCUT2D eigenvalue weighted by Gasteiger charge is -2.16. The van der Waals surface area contributed by atoms with Crippen molar-refractivity contribution >= 4 is 0 Å². The summed E-state index contributed by atoms with van der Waals surface area (Å²) >= 11 is 0. The second-order valence-electron chi connectivity index (χ2n) is 5.54. The molecular weight excluding hydrogens is 254 g/mol. The standard InChI is InChI=1S/C15H33N.C3H6.C2H6/c1-4-6-8-10-12-14-16(3)15-13-11-9-7-5-2;1-3-2;1-2/h4-15H2,1-3H3;3H,1H2,2H3;1-2H3. The fraction of sp³-hybridized carbons (Fsp3) is 0.900. The van der Waals surface area contributed by atoms with Crippen LogP contribution in [0, 0.1) is 0 Å². The van der Waals surface area contributed by atoms with Gasteiger partial charge in [0, 0.05) is 0 Å². The third-order valence-corrected chi connectivity index (χ3v) is 3.29. The maximum absolute atomic E-state index is 3.36. The van der Waals surface area contributed by atoms with Crippen molar-refractivity contribution in [2.75, 3.05) is 20.1 Å². The molecule has 0 aliphatic carbocycles. The van der Waals surface area contributed by atoms with Gasteiger partial charge < -0.3 is 4.90 Å². The van der Waals surface area contributed by atoms with Crippen molar-refractivity contribution in [1.29, 1.82) is 0 Å². The van der Waals surface area contributed by atoms with E-state index in [1.165, 1.54) is 77.3 Å². The minimum absolute atomic E-state index is 1.30. The first-order valence-corrected chi connectivity index (χ1v) is 9.48. The molecule has 0 bridgehead atoms. The largest absolute Gasteiger partial charge is 0.306 e. The summed E-state index contributed by atoms with van der Waals surface area (Å²) in [5.74, 6) is 0. The zero-order valence-electron chi connectivity index (χ0n) is 16.2. The highest BCUT2D eigenvalue weighted by atomic mass is 15.1. The van der Waals surface area contributed by atoms with Gasteiger partial charge in [-0.05, 0) is 39.9 Å². The van der Waals surface area contributed by atoms with Crippen LogP contribution in [0.1, 0.15) is 98.8 Å². The van der Waals surface area contributed by atoms with Crippen molar-refractivity contribution in [3.63, 3.8) is 0 Å². The molecule has 0 N–H and O–H groups in total. The summed E-state index contributed by atoms with van der Waals surface area (Å²) in [6, 6.07) is 0. The molecule has 0 heterocycles. The van der Waals surface area contributed by atoms with E-state index in [9.17, 15) is 0 Å². The highest BCUT2D eigenvalue weighted by Crippen LogP contribution is 2.05. The van der Waals surface area contributed by atoms with Gasteiger partial charge >= 0.3 is 0 Å². The zero-order valence-corrected chi connectivity index (χ0v) is 16.2. The van der Waals surface area contributed by atoms with Gasteiger partial charge in [0.2, 0.25) is 0 Å². The number of allylic oxidation sites excluding steroid dienone is 1. The van der Waals surface area contributed by atoms with Gasteiger partial charge in [-0.15, -0.1) is 6.58 Å². The Morgan fingerprint density at radius 1 is 0.714 bits per heavy atom. The van der Waals surface area contributed by atoms with Crippen LogP contribution in [0.4, 0.5) is 0 Å². The molecule has 0 saturated carbocycles. The van der Waals surface area contributed by atoms with Crippen LogP contribution in [0.2, 0.25) is 0 Å². The summed E-state index contributed by atoms with van der Waals surface area (Å²) in [6.07, 6.45) is 15.8. The van der Waals surface area contributed by atoms with Gasteiger partial charge in [0.25, 0.3) is 0 Å². The highest BCUT2D eigenvalue weighted by Gasteiger charge is 1.97. The average molecular weight is 300 g/mol. The Hall–Kier alpha value is -0.300. The summed E-state index contributed by atoms with van der Waals surface area (Å²) in [5.41, 5.74) is 0. The van der Waals surface area contributed by atoms with Crippen LogP contribution >= 0.6 is 0 Å². The van der Waals surface area contributed by atoms with Crippen LogP contribution in [-0.4, -0.2) is 25.0 Å². The van der Waals surface area contributed by atoms with E-state index in [0.717, 1.165) is 0 Å². The van der Waals surface area contributed by atoms with Gasteiger partial charge in [-0.3, -0.25) is 0 Å². The third-order valence-electron chi connectivity index (χ3n) is 3.29. The van der Waals surface area contributed by atoms with E-state index in [1.807, 2.05) is 20.8 Å². The predicted molar refractivity (Wildman–Crippen MR) is 102 cm³/mol. The van der Waals surface area contributed by atoms with Gasteiger partial charge in [-0.2, -0.15) is 0 Å². The van der Waals surface area contributed by atoms with E-state index < -0.39 is 0 Å². The normalized spacial score (nSPS) is 9.48. The van der Waals surface area contributed by atoms with Gasteiger partial charge in [-0.1, -0.05) is 85.1 Å². The molecule has 21 heavy (non-hydrogen) atoms. The van der Waals surface area contributed by atoms with E-state index in [-0.39, 0.29) is 0 Å². The summed E-state index contributed by atoms with van der Waals surface area (Å²) < 4.78 is 0. The molecule has 0 atom stereocenters. The lowest BCUT2D eigenvalue weighted by molar-refractivity contribution is 0.314.